The summed E-state index contributed by atoms with van der Waals surface area (Å²) < 4.78 is 6.85. The number of aromatic nitrogens is 2. The number of ether oxygens (including phenoxy) is 1. The molecule has 0 saturated carbocycles. The standard InChI is InChI=1S/C11H14N2O2S/c1-15-5-2-3-10(14)7-9-8-13-4-6-16-11(13)12-9/h4,6,8H,2-3,5,7H2,1H3. The van der Waals surface area contributed by atoms with E-state index in [0.29, 0.717) is 19.4 Å². The maximum absolute atomic E-state index is 11.6. The second kappa shape index (κ2) is 5.23. The molecule has 0 atom stereocenters. The minimum atomic E-state index is 0.225. The summed E-state index contributed by atoms with van der Waals surface area (Å²) in [5, 5.41) is 1.98. The fraction of sp³-hybridized carbons (Fsp3) is 0.455. The van der Waals surface area contributed by atoms with Crippen molar-refractivity contribution in [2.24, 2.45) is 0 Å². The lowest BCUT2D eigenvalue weighted by Gasteiger charge is -1.97. The van der Waals surface area contributed by atoms with Crippen LogP contribution in [0.5, 0.6) is 0 Å². The third kappa shape index (κ3) is 2.68. The van der Waals surface area contributed by atoms with Gasteiger partial charge in [-0.05, 0) is 6.42 Å². The highest BCUT2D eigenvalue weighted by molar-refractivity contribution is 7.15. The van der Waals surface area contributed by atoms with Crippen molar-refractivity contribution in [1.29, 1.82) is 0 Å². The molecule has 2 aromatic heterocycles. The van der Waals surface area contributed by atoms with Gasteiger partial charge in [-0.1, -0.05) is 0 Å². The van der Waals surface area contributed by atoms with E-state index in [1.165, 1.54) is 0 Å². The Hall–Kier alpha value is -1.20. The van der Waals surface area contributed by atoms with Crippen molar-refractivity contribution >= 4 is 22.1 Å². The topological polar surface area (TPSA) is 43.6 Å². The summed E-state index contributed by atoms with van der Waals surface area (Å²) >= 11 is 1.58. The van der Waals surface area contributed by atoms with Crippen molar-refractivity contribution in [3.8, 4) is 0 Å². The van der Waals surface area contributed by atoms with Crippen LogP contribution in [-0.2, 0) is 16.0 Å². The number of fused-ring (bicyclic) bond motifs is 1. The van der Waals surface area contributed by atoms with Crippen molar-refractivity contribution < 1.29 is 9.53 Å². The summed E-state index contributed by atoms with van der Waals surface area (Å²) in [6, 6.07) is 0. The fourth-order valence-electron chi connectivity index (χ4n) is 1.57. The largest absolute Gasteiger partial charge is 0.385 e. The van der Waals surface area contributed by atoms with E-state index in [4.69, 9.17) is 4.74 Å². The van der Waals surface area contributed by atoms with Crippen LogP contribution >= 0.6 is 11.3 Å². The average Bonchev–Trinajstić information content (AvgIpc) is 2.78. The van der Waals surface area contributed by atoms with Gasteiger partial charge in [-0.3, -0.25) is 9.20 Å². The van der Waals surface area contributed by atoms with E-state index in [-0.39, 0.29) is 5.78 Å². The van der Waals surface area contributed by atoms with Crippen molar-refractivity contribution in [2.75, 3.05) is 13.7 Å². The lowest BCUT2D eigenvalue weighted by molar-refractivity contribution is -0.118. The van der Waals surface area contributed by atoms with E-state index in [0.717, 1.165) is 17.1 Å². The van der Waals surface area contributed by atoms with Gasteiger partial charge in [0, 0.05) is 37.9 Å². The van der Waals surface area contributed by atoms with E-state index < -0.39 is 0 Å². The Morgan fingerprint density at radius 1 is 1.62 bits per heavy atom. The minimum Gasteiger partial charge on any atom is -0.385 e. The van der Waals surface area contributed by atoms with Crippen LogP contribution in [0, 0.1) is 0 Å². The summed E-state index contributed by atoms with van der Waals surface area (Å²) in [5.74, 6) is 0.225. The number of thiazole rings is 1. The molecule has 0 fully saturated rings. The zero-order valence-electron chi connectivity index (χ0n) is 9.18. The number of carbonyl (C=O) groups excluding carboxylic acids is 1. The molecule has 0 aliphatic rings. The zero-order valence-corrected chi connectivity index (χ0v) is 10.00. The third-order valence-corrected chi connectivity index (χ3v) is 3.10. The molecule has 0 saturated heterocycles. The maximum Gasteiger partial charge on any atom is 0.193 e. The first kappa shape index (κ1) is 11.3. The molecule has 0 bridgehead atoms. The molecule has 0 spiro atoms. The molecule has 0 aliphatic carbocycles. The van der Waals surface area contributed by atoms with Crippen LogP contribution in [0.15, 0.2) is 17.8 Å². The van der Waals surface area contributed by atoms with Crippen molar-refractivity contribution in [3.63, 3.8) is 0 Å². The molecule has 0 aliphatic heterocycles. The summed E-state index contributed by atoms with van der Waals surface area (Å²) in [6.45, 7) is 0.643. The number of ketones is 1. The van der Waals surface area contributed by atoms with Gasteiger partial charge in [0.2, 0.25) is 0 Å². The summed E-state index contributed by atoms with van der Waals surface area (Å²) in [6.07, 6.45) is 5.65. The van der Waals surface area contributed by atoms with Gasteiger partial charge in [-0.15, -0.1) is 11.3 Å². The predicted octanol–water partition coefficient (Wildman–Crippen LogP) is 1.93. The fourth-order valence-corrected chi connectivity index (χ4v) is 2.28. The number of methoxy groups -OCH3 is 1. The van der Waals surface area contributed by atoms with E-state index in [2.05, 4.69) is 4.98 Å². The highest BCUT2D eigenvalue weighted by Gasteiger charge is 2.07. The summed E-state index contributed by atoms with van der Waals surface area (Å²) in [5.41, 5.74) is 0.856. The Morgan fingerprint density at radius 2 is 2.50 bits per heavy atom. The lowest BCUT2D eigenvalue weighted by atomic mass is 10.1. The van der Waals surface area contributed by atoms with Crippen LogP contribution in [0.1, 0.15) is 18.5 Å². The summed E-state index contributed by atoms with van der Waals surface area (Å²) in [4.78, 5) is 16.9. The first-order chi connectivity index (χ1) is 7.79. The Morgan fingerprint density at radius 3 is 3.25 bits per heavy atom. The van der Waals surface area contributed by atoms with Crippen molar-refractivity contribution in [2.45, 2.75) is 19.3 Å². The van der Waals surface area contributed by atoms with E-state index in [9.17, 15) is 4.79 Å². The minimum absolute atomic E-state index is 0.225. The number of hydrogen-bond acceptors (Lipinski definition) is 4. The normalized spacial score (nSPS) is 11.1. The maximum atomic E-state index is 11.6. The second-order valence-corrected chi connectivity index (χ2v) is 4.51. The smallest absolute Gasteiger partial charge is 0.193 e. The van der Waals surface area contributed by atoms with Crippen molar-refractivity contribution in [1.82, 2.24) is 9.38 Å². The highest BCUT2D eigenvalue weighted by atomic mass is 32.1. The van der Waals surface area contributed by atoms with Crippen molar-refractivity contribution in [3.05, 3.63) is 23.5 Å². The van der Waals surface area contributed by atoms with Crippen LogP contribution in [0.2, 0.25) is 0 Å². The molecule has 86 valence electrons. The molecule has 0 unspecified atom stereocenters. The second-order valence-electron chi connectivity index (χ2n) is 3.64. The van der Waals surface area contributed by atoms with E-state index >= 15 is 0 Å². The Balaban J connectivity index is 1.89. The van der Waals surface area contributed by atoms with Gasteiger partial charge in [-0.2, -0.15) is 0 Å². The molecular weight excluding hydrogens is 224 g/mol. The quantitative estimate of drug-likeness (QED) is 0.722. The van der Waals surface area contributed by atoms with Crippen LogP contribution in [0.25, 0.3) is 4.96 Å². The van der Waals surface area contributed by atoms with Gasteiger partial charge in [0.15, 0.2) is 4.96 Å². The number of carbonyl (C=O) groups is 1. The van der Waals surface area contributed by atoms with Gasteiger partial charge in [0.25, 0.3) is 0 Å². The molecule has 2 aromatic rings. The summed E-state index contributed by atoms with van der Waals surface area (Å²) in [7, 11) is 1.65. The van der Waals surface area contributed by atoms with Crippen LogP contribution < -0.4 is 0 Å². The molecule has 0 radical (unpaired) electrons. The number of imidazole rings is 1. The lowest BCUT2D eigenvalue weighted by Crippen LogP contribution is -2.04. The van der Waals surface area contributed by atoms with Gasteiger partial charge in [0.1, 0.15) is 5.78 Å². The monoisotopic (exact) mass is 238 g/mol. The molecule has 16 heavy (non-hydrogen) atoms. The van der Waals surface area contributed by atoms with Crippen LogP contribution in [0.4, 0.5) is 0 Å². The Kier molecular flexibility index (Phi) is 3.69. The Labute approximate surface area is 97.9 Å². The SMILES string of the molecule is COCCCC(=O)Cc1cn2ccsc2n1. The van der Waals surface area contributed by atoms with E-state index in [1.54, 1.807) is 18.4 Å². The Bertz CT molecular complexity index is 446. The first-order valence-corrected chi connectivity index (χ1v) is 6.09. The van der Waals surface area contributed by atoms with Crippen LogP contribution in [-0.4, -0.2) is 28.9 Å². The molecule has 0 aromatic carbocycles. The van der Waals surface area contributed by atoms with Gasteiger partial charge >= 0.3 is 0 Å². The zero-order chi connectivity index (χ0) is 11.4. The third-order valence-electron chi connectivity index (χ3n) is 2.33. The molecule has 0 amide bonds. The number of rotatable bonds is 6. The highest BCUT2D eigenvalue weighted by Crippen LogP contribution is 2.12. The van der Waals surface area contributed by atoms with Crippen LogP contribution in [0.3, 0.4) is 0 Å². The number of Topliss-reactive ketones (excluding diaryl/α,β-unsaturated/α-hetero) is 1. The predicted molar refractivity (Wildman–Crippen MR) is 62.9 cm³/mol. The molecule has 2 heterocycles. The number of hydrogen-bond donors (Lipinski definition) is 0. The van der Waals surface area contributed by atoms with Gasteiger partial charge < -0.3 is 4.74 Å². The van der Waals surface area contributed by atoms with Gasteiger partial charge in [0.05, 0.1) is 12.1 Å². The molecule has 4 nitrogen and oxygen atoms in total. The molecular formula is C11H14N2O2S. The molecule has 0 N–H and O–H groups in total. The average molecular weight is 238 g/mol. The molecule has 2 rings (SSSR count). The van der Waals surface area contributed by atoms with Gasteiger partial charge in [-0.25, -0.2) is 4.98 Å². The van der Waals surface area contributed by atoms with E-state index in [1.807, 2.05) is 22.2 Å². The molecule has 5 heteroatoms. The first-order valence-electron chi connectivity index (χ1n) is 5.21. The number of nitrogens with zero attached hydrogens (tertiary/aromatic N) is 2.